The summed E-state index contributed by atoms with van der Waals surface area (Å²) in [5, 5.41) is 17.1. The van der Waals surface area contributed by atoms with Crippen LogP contribution in [0.3, 0.4) is 0 Å². The van der Waals surface area contributed by atoms with Crippen LogP contribution in [0.25, 0.3) is 5.69 Å². The molecule has 1 aliphatic heterocycles. The highest BCUT2D eigenvalue weighted by molar-refractivity contribution is 5.57. The predicted octanol–water partition coefficient (Wildman–Crippen LogP) is 3.48. The third-order valence-electron chi connectivity index (χ3n) is 4.86. The van der Waals surface area contributed by atoms with Crippen LogP contribution in [0.5, 0.6) is 5.88 Å². The molecule has 1 aromatic carbocycles. The van der Waals surface area contributed by atoms with Gasteiger partial charge in [-0.05, 0) is 18.2 Å². The number of fused-ring (bicyclic) bond motifs is 1. The zero-order valence-electron chi connectivity index (χ0n) is 15.7. The van der Waals surface area contributed by atoms with E-state index in [2.05, 4.69) is 10.2 Å². The van der Waals surface area contributed by atoms with E-state index >= 15 is 0 Å². The molecule has 0 spiro atoms. The Hall–Kier alpha value is -3.88. The van der Waals surface area contributed by atoms with Crippen LogP contribution in [0.2, 0.25) is 0 Å². The van der Waals surface area contributed by atoms with E-state index in [0.29, 0.717) is 0 Å². The molecule has 31 heavy (non-hydrogen) atoms. The van der Waals surface area contributed by atoms with Crippen LogP contribution in [-0.2, 0) is 13.0 Å². The van der Waals surface area contributed by atoms with Crippen molar-refractivity contribution in [1.82, 2.24) is 19.6 Å². The molecule has 0 saturated carbocycles. The largest absolute Gasteiger partial charge is 0.459 e. The van der Waals surface area contributed by atoms with E-state index in [-0.39, 0.29) is 17.0 Å². The van der Waals surface area contributed by atoms with Crippen LogP contribution in [0.15, 0.2) is 54.1 Å². The number of aryl methyl sites for hydroxylation is 1. The monoisotopic (exact) mass is 436 g/mol. The summed E-state index contributed by atoms with van der Waals surface area (Å²) >= 11 is 0. The van der Waals surface area contributed by atoms with Gasteiger partial charge in [0.25, 0.3) is 0 Å². The molecule has 0 aliphatic carbocycles. The average Bonchev–Trinajstić information content (AvgIpc) is 3.30. The Bertz CT molecular complexity index is 1220. The van der Waals surface area contributed by atoms with E-state index in [1.807, 2.05) is 0 Å². The number of nitrogens with zero attached hydrogens (tertiary/aromatic N) is 5. The molecule has 1 aliphatic rings. The van der Waals surface area contributed by atoms with Crippen LogP contribution in [0, 0.1) is 11.3 Å². The van der Waals surface area contributed by atoms with Gasteiger partial charge in [0, 0.05) is 13.2 Å². The molecule has 0 bridgehead atoms. The first-order valence-electron chi connectivity index (χ1n) is 8.76. The maximum Gasteiger partial charge on any atom is 0.459 e. The van der Waals surface area contributed by atoms with Crippen LogP contribution in [0.1, 0.15) is 22.9 Å². The van der Waals surface area contributed by atoms with Crippen molar-refractivity contribution < 1.29 is 26.7 Å². The Morgan fingerprint density at radius 2 is 1.81 bits per heavy atom. The second kappa shape index (κ2) is 6.83. The topological polar surface area (TPSA) is 94.7 Å². The van der Waals surface area contributed by atoms with E-state index in [1.165, 1.54) is 36.1 Å². The molecule has 2 aromatic heterocycles. The molecule has 7 nitrogen and oxygen atoms in total. The molecule has 1 atom stereocenters. The number of halogens is 5. The first kappa shape index (κ1) is 20.4. The first-order chi connectivity index (χ1) is 14.6. The van der Waals surface area contributed by atoms with Crippen LogP contribution in [0.4, 0.5) is 22.0 Å². The average molecular weight is 436 g/mol. The van der Waals surface area contributed by atoms with Gasteiger partial charge in [-0.1, -0.05) is 18.2 Å². The highest BCUT2D eigenvalue weighted by Gasteiger charge is 2.63. The van der Waals surface area contributed by atoms with Crippen LogP contribution >= 0.6 is 0 Å². The normalized spacial score (nSPS) is 16.6. The molecule has 3 heterocycles. The van der Waals surface area contributed by atoms with Crippen molar-refractivity contribution in [2.75, 3.05) is 0 Å². The van der Waals surface area contributed by atoms with Crippen molar-refractivity contribution in [2.45, 2.75) is 18.0 Å². The summed E-state index contributed by atoms with van der Waals surface area (Å²) in [6, 6.07) is 10.8. The van der Waals surface area contributed by atoms with E-state index in [4.69, 9.17) is 10.5 Å². The number of nitriles is 1. The van der Waals surface area contributed by atoms with E-state index in [1.54, 1.807) is 24.3 Å². The summed E-state index contributed by atoms with van der Waals surface area (Å²) < 4.78 is 76.7. The summed E-state index contributed by atoms with van der Waals surface area (Å²) in [6.45, 7) is 0. The summed E-state index contributed by atoms with van der Waals surface area (Å²) in [7, 11) is 1.46. The molecule has 0 radical (unpaired) electrons. The zero-order chi connectivity index (χ0) is 22.6. The van der Waals surface area contributed by atoms with Gasteiger partial charge in [0.1, 0.15) is 17.3 Å². The predicted molar refractivity (Wildman–Crippen MR) is 96.0 cm³/mol. The van der Waals surface area contributed by atoms with Crippen molar-refractivity contribution in [3.63, 3.8) is 0 Å². The van der Waals surface area contributed by atoms with Crippen molar-refractivity contribution in [1.29, 1.82) is 5.26 Å². The van der Waals surface area contributed by atoms with Crippen molar-refractivity contribution in [2.24, 2.45) is 12.8 Å². The SMILES string of the molecule is Cn1nccc1C1C(C#N)=C(N)Oc2c1c(C(F)(F)C(F)(F)F)nn2-c1ccccc1. The number of ether oxygens (including phenoxy) is 1. The number of rotatable bonds is 3. The lowest BCUT2D eigenvalue weighted by Gasteiger charge is -2.26. The number of hydrogen-bond donors (Lipinski definition) is 1. The molecule has 12 heteroatoms. The number of nitrogens with two attached hydrogens (primary N) is 1. The van der Waals surface area contributed by atoms with E-state index in [0.717, 1.165) is 4.68 Å². The number of alkyl halides is 5. The fraction of sp³-hybridized carbons (Fsp3) is 0.211. The number of hydrogen-bond acceptors (Lipinski definition) is 5. The number of allylic oxidation sites excluding steroid dienone is 1. The van der Waals surface area contributed by atoms with Crippen LogP contribution < -0.4 is 10.5 Å². The molecule has 160 valence electrons. The maximum atomic E-state index is 14.6. The second-order valence-electron chi connectivity index (χ2n) is 6.69. The summed E-state index contributed by atoms with van der Waals surface area (Å²) in [5.74, 6) is -7.60. The van der Waals surface area contributed by atoms with Gasteiger partial charge in [-0.25, -0.2) is 0 Å². The molecular formula is C19H13F5N6O. The van der Waals surface area contributed by atoms with E-state index in [9.17, 15) is 27.2 Å². The standard InChI is InChI=1S/C19H13F5N6O/c1-29-12(7-8-27-29)13-11(9-25)16(26)31-17-14(13)15(18(20,21)19(22,23)24)28-30(17)10-5-3-2-4-6-10/h2-8,13H,26H2,1H3. The molecule has 0 saturated heterocycles. The Labute approximate surface area is 171 Å². The molecule has 0 amide bonds. The second-order valence-corrected chi connectivity index (χ2v) is 6.69. The lowest BCUT2D eigenvalue weighted by atomic mass is 9.86. The minimum Gasteiger partial charge on any atom is -0.422 e. The Balaban J connectivity index is 2.10. The van der Waals surface area contributed by atoms with Gasteiger partial charge in [-0.2, -0.15) is 42.1 Å². The highest BCUT2D eigenvalue weighted by Crippen LogP contribution is 2.52. The fourth-order valence-electron chi connectivity index (χ4n) is 3.41. The Morgan fingerprint density at radius 1 is 1.13 bits per heavy atom. The molecule has 2 N–H and O–H groups in total. The summed E-state index contributed by atoms with van der Waals surface area (Å²) in [6.07, 6.45) is -4.62. The smallest absolute Gasteiger partial charge is 0.422 e. The van der Waals surface area contributed by atoms with Gasteiger partial charge >= 0.3 is 12.1 Å². The first-order valence-corrected chi connectivity index (χ1v) is 8.76. The fourth-order valence-corrected chi connectivity index (χ4v) is 3.41. The van der Waals surface area contributed by atoms with Gasteiger partial charge in [0.05, 0.1) is 22.9 Å². The minimum atomic E-state index is -5.94. The van der Waals surface area contributed by atoms with Gasteiger partial charge in [-0.3, -0.25) is 4.68 Å². The van der Waals surface area contributed by atoms with Gasteiger partial charge in [0.2, 0.25) is 11.8 Å². The zero-order valence-corrected chi connectivity index (χ0v) is 15.7. The van der Waals surface area contributed by atoms with E-state index < -0.39 is 41.0 Å². The molecular weight excluding hydrogens is 423 g/mol. The lowest BCUT2D eigenvalue weighted by Crippen LogP contribution is -2.36. The highest BCUT2D eigenvalue weighted by atomic mass is 19.4. The maximum absolute atomic E-state index is 14.6. The number of para-hydroxylation sites is 1. The van der Waals surface area contributed by atoms with Crippen molar-refractivity contribution >= 4 is 0 Å². The number of aromatic nitrogens is 4. The molecule has 1 unspecified atom stereocenters. The van der Waals surface area contributed by atoms with Gasteiger partial charge < -0.3 is 10.5 Å². The summed E-state index contributed by atoms with van der Waals surface area (Å²) in [4.78, 5) is 0. The van der Waals surface area contributed by atoms with Crippen molar-refractivity contribution in [3.05, 3.63) is 71.0 Å². The van der Waals surface area contributed by atoms with Gasteiger partial charge in [0.15, 0.2) is 0 Å². The van der Waals surface area contributed by atoms with Crippen LogP contribution in [-0.4, -0.2) is 25.7 Å². The molecule has 0 fully saturated rings. The molecule has 4 rings (SSSR count). The van der Waals surface area contributed by atoms with Crippen molar-refractivity contribution in [3.8, 4) is 17.6 Å². The third-order valence-corrected chi connectivity index (χ3v) is 4.86. The summed E-state index contributed by atoms with van der Waals surface area (Å²) in [5.41, 5.74) is 3.67. The molecule has 3 aromatic rings. The quantitative estimate of drug-likeness (QED) is 0.635. The minimum absolute atomic E-state index is 0.163. The third kappa shape index (κ3) is 3.00. The lowest BCUT2D eigenvalue weighted by molar-refractivity contribution is -0.291. The Morgan fingerprint density at radius 3 is 2.35 bits per heavy atom. The Kier molecular flexibility index (Phi) is 4.49. The number of benzene rings is 1. The van der Waals surface area contributed by atoms with Gasteiger partial charge in [-0.15, -0.1) is 0 Å².